The van der Waals surface area contributed by atoms with Crippen molar-refractivity contribution in [3.63, 3.8) is 0 Å². The number of rotatable bonds is 4. The number of nitrogens with two attached hydrogens (primary N) is 2. The molecule has 0 unspecified atom stereocenters. The first-order chi connectivity index (χ1) is 11.9. The SMILES string of the molecule is Cc1cn([C@H]2C[C@H](O)[C@@H](CO)O2)c(=O)nc1Nc1c(N)ncnc1N. The third kappa shape index (κ3) is 3.24. The second kappa shape index (κ2) is 6.63. The van der Waals surface area contributed by atoms with E-state index in [9.17, 15) is 9.90 Å². The lowest BCUT2D eigenvalue weighted by atomic mass is 10.2. The Morgan fingerprint density at radius 3 is 2.68 bits per heavy atom. The maximum absolute atomic E-state index is 12.3. The zero-order valence-electron chi connectivity index (χ0n) is 13.5. The summed E-state index contributed by atoms with van der Waals surface area (Å²) in [5.41, 5.74) is 11.8. The summed E-state index contributed by atoms with van der Waals surface area (Å²) in [5.74, 6) is 0.517. The molecule has 1 fully saturated rings. The van der Waals surface area contributed by atoms with Gasteiger partial charge in [-0.25, -0.2) is 14.8 Å². The average molecular weight is 349 g/mol. The number of aliphatic hydroxyl groups is 2. The first-order valence-electron chi connectivity index (χ1n) is 7.57. The molecule has 1 aliphatic rings. The number of nitrogen functional groups attached to an aromatic ring is 2. The molecule has 0 aliphatic carbocycles. The van der Waals surface area contributed by atoms with E-state index in [1.165, 1.54) is 10.9 Å². The molecule has 0 aromatic carbocycles. The number of hydrogen-bond donors (Lipinski definition) is 5. The Labute approximate surface area is 142 Å². The summed E-state index contributed by atoms with van der Waals surface area (Å²) < 4.78 is 6.76. The summed E-state index contributed by atoms with van der Waals surface area (Å²) >= 11 is 0. The fourth-order valence-corrected chi connectivity index (χ4v) is 2.61. The van der Waals surface area contributed by atoms with Crippen molar-refractivity contribution in [3.8, 4) is 0 Å². The van der Waals surface area contributed by atoms with E-state index in [4.69, 9.17) is 21.3 Å². The predicted molar refractivity (Wildman–Crippen MR) is 89.0 cm³/mol. The number of anilines is 4. The van der Waals surface area contributed by atoms with Crippen LogP contribution in [-0.4, -0.2) is 48.5 Å². The van der Waals surface area contributed by atoms with Crippen LogP contribution in [0.2, 0.25) is 0 Å². The molecule has 1 saturated heterocycles. The van der Waals surface area contributed by atoms with Gasteiger partial charge in [0.05, 0.1) is 12.7 Å². The van der Waals surface area contributed by atoms with Crippen LogP contribution in [0.15, 0.2) is 17.3 Å². The standard InChI is InChI=1S/C14H19N7O4/c1-6-3-21(9-2-7(23)8(4-22)25-9)14(24)20-13(6)19-10-11(15)17-5-18-12(10)16/h3,5,7-9,22-23H,2,4H2,1H3,(H,19,20,24)(H4,15,16,17,18)/t7-,8+,9+/m0/s1. The average Bonchev–Trinajstić information content (AvgIpc) is 2.94. The van der Waals surface area contributed by atoms with Gasteiger partial charge in [0.1, 0.15) is 30.2 Å². The van der Waals surface area contributed by atoms with Crippen LogP contribution in [0.5, 0.6) is 0 Å². The molecule has 0 radical (unpaired) electrons. The van der Waals surface area contributed by atoms with Gasteiger partial charge in [-0.2, -0.15) is 4.98 Å². The molecule has 134 valence electrons. The van der Waals surface area contributed by atoms with E-state index in [0.717, 1.165) is 0 Å². The van der Waals surface area contributed by atoms with Gasteiger partial charge in [-0.05, 0) is 6.92 Å². The lowest BCUT2D eigenvalue weighted by Crippen LogP contribution is -2.28. The molecular weight excluding hydrogens is 330 g/mol. The molecule has 25 heavy (non-hydrogen) atoms. The van der Waals surface area contributed by atoms with Crippen molar-refractivity contribution < 1.29 is 14.9 Å². The summed E-state index contributed by atoms with van der Waals surface area (Å²) in [4.78, 5) is 24.0. The monoisotopic (exact) mass is 349 g/mol. The van der Waals surface area contributed by atoms with Crippen molar-refractivity contribution >= 4 is 23.1 Å². The van der Waals surface area contributed by atoms with Crippen molar-refractivity contribution in [2.45, 2.75) is 31.8 Å². The molecule has 0 saturated carbocycles. The lowest BCUT2D eigenvalue weighted by Gasteiger charge is -2.17. The molecule has 3 atom stereocenters. The van der Waals surface area contributed by atoms with Crippen LogP contribution in [-0.2, 0) is 4.74 Å². The molecule has 0 spiro atoms. The Bertz CT molecular complexity index is 820. The summed E-state index contributed by atoms with van der Waals surface area (Å²) in [5, 5.41) is 21.8. The Morgan fingerprint density at radius 1 is 1.40 bits per heavy atom. The Kier molecular flexibility index (Phi) is 4.53. The van der Waals surface area contributed by atoms with Gasteiger partial charge in [0.25, 0.3) is 0 Å². The summed E-state index contributed by atoms with van der Waals surface area (Å²) in [7, 11) is 0. The largest absolute Gasteiger partial charge is 0.394 e. The van der Waals surface area contributed by atoms with Crippen LogP contribution in [0.4, 0.5) is 23.1 Å². The first kappa shape index (κ1) is 17.1. The van der Waals surface area contributed by atoms with E-state index in [2.05, 4.69) is 20.3 Å². The van der Waals surface area contributed by atoms with Gasteiger partial charge in [-0.1, -0.05) is 0 Å². The number of aromatic nitrogens is 4. The van der Waals surface area contributed by atoms with E-state index in [1.807, 2.05) is 0 Å². The molecule has 11 nitrogen and oxygen atoms in total. The highest BCUT2D eigenvalue weighted by atomic mass is 16.5. The molecular formula is C14H19N7O4. The van der Waals surface area contributed by atoms with Crippen molar-refractivity contribution in [2.24, 2.45) is 0 Å². The number of aliphatic hydroxyl groups excluding tert-OH is 2. The maximum Gasteiger partial charge on any atom is 0.351 e. The minimum atomic E-state index is -0.846. The van der Waals surface area contributed by atoms with E-state index < -0.39 is 24.1 Å². The van der Waals surface area contributed by atoms with Crippen molar-refractivity contribution in [1.82, 2.24) is 19.5 Å². The number of nitrogens with one attached hydrogen (secondary N) is 1. The van der Waals surface area contributed by atoms with Crippen LogP contribution in [0, 0.1) is 6.92 Å². The molecule has 2 aromatic heterocycles. The molecule has 7 N–H and O–H groups in total. The topological polar surface area (TPSA) is 174 Å². The molecule has 0 amide bonds. The van der Waals surface area contributed by atoms with Crippen LogP contribution in [0.25, 0.3) is 0 Å². The number of aryl methyl sites for hydroxylation is 1. The molecule has 3 heterocycles. The Hall–Kier alpha value is -2.76. The smallest absolute Gasteiger partial charge is 0.351 e. The Morgan fingerprint density at radius 2 is 2.08 bits per heavy atom. The quantitative estimate of drug-likeness (QED) is 0.455. The van der Waals surface area contributed by atoms with Crippen LogP contribution in [0.1, 0.15) is 18.2 Å². The zero-order chi connectivity index (χ0) is 18.1. The molecule has 2 aromatic rings. The van der Waals surface area contributed by atoms with Crippen molar-refractivity contribution in [3.05, 3.63) is 28.6 Å². The minimum Gasteiger partial charge on any atom is -0.394 e. The molecule has 11 heteroatoms. The maximum atomic E-state index is 12.3. The third-order valence-electron chi connectivity index (χ3n) is 3.98. The van der Waals surface area contributed by atoms with E-state index in [1.54, 1.807) is 13.1 Å². The van der Waals surface area contributed by atoms with Gasteiger partial charge in [-0.3, -0.25) is 4.57 Å². The van der Waals surface area contributed by atoms with Crippen LogP contribution < -0.4 is 22.5 Å². The fraction of sp³-hybridized carbons (Fsp3) is 0.429. The first-order valence-corrected chi connectivity index (χ1v) is 7.57. The second-order valence-electron chi connectivity index (χ2n) is 5.72. The van der Waals surface area contributed by atoms with Gasteiger partial charge in [0, 0.05) is 18.2 Å². The van der Waals surface area contributed by atoms with E-state index in [-0.39, 0.29) is 36.2 Å². The van der Waals surface area contributed by atoms with Gasteiger partial charge in [0.2, 0.25) is 0 Å². The molecule has 3 rings (SSSR count). The highest BCUT2D eigenvalue weighted by Gasteiger charge is 2.35. The van der Waals surface area contributed by atoms with Gasteiger partial charge < -0.3 is 31.7 Å². The number of ether oxygens (including phenoxy) is 1. The van der Waals surface area contributed by atoms with Crippen LogP contribution in [0.3, 0.4) is 0 Å². The second-order valence-corrected chi connectivity index (χ2v) is 5.72. The van der Waals surface area contributed by atoms with Gasteiger partial charge in [0.15, 0.2) is 11.6 Å². The molecule has 1 aliphatic heterocycles. The summed E-state index contributed by atoms with van der Waals surface area (Å²) in [6, 6.07) is 0. The summed E-state index contributed by atoms with van der Waals surface area (Å²) in [6.07, 6.45) is 0.692. The van der Waals surface area contributed by atoms with E-state index in [0.29, 0.717) is 5.56 Å². The zero-order valence-corrected chi connectivity index (χ0v) is 13.5. The van der Waals surface area contributed by atoms with Crippen LogP contribution >= 0.6 is 0 Å². The van der Waals surface area contributed by atoms with Crippen molar-refractivity contribution in [1.29, 1.82) is 0 Å². The third-order valence-corrected chi connectivity index (χ3v) is 3.98. The highest BCUT2D eigenvalue weighted by molar-refractivity contribution is 5.78. The summed E-state index contributed by atoms with van der Waals surface area (Å²) in [6.45, 7) is 1.40. The molecule has 0 bridgehead atoms. The minimum absolute atomic E-state index is 0.130. The Balaban J connectivity index is 1.90. The number of hydrogen-bond acceptors (Lipinski definition) is 10. The number of nitrogens with zero attached hydrogens (tertiary/aromatic N) is 4. The predicted octanol–water partition coefficient (Wildman–Crippen LogP) is -1.11. The van der Waals surface area contributed by atoms with Gasteiger partial charge in [-0.15, -0.1) is 0 Å². The lowest BCUT2D eigenvalue weighted by molar-refractivity contribution is -0.0459. The van der Waals surface area contributed by atoms with Crippen molar-refractivity contribution in [2.75, 3.05) is 23.4 Å². The van der Waals surface area contributed by atoms with E-state index >= 15 is 0 Å². The normalized spacial score (nSPS) is 22.9. The van der Waals surface area contributed by atoms with Gasteiger partial charge >= 0.3 is 5.69 Å². The highest BCUT2D eigenvalue weighted by Crippen LogP contribution is 2.29. The fourth-order valence-electron chi connectivity index (χ4n) is 2.61.